The fourth-order valence-electron chi connectivity index (χ4n) is 1.56. The van der Waals surface area contributed by atoms with Gasteiger partial charge in [-0.1, -0.05) is 23.4 Å². The summed E-state index contributed by atoms with van der Waals surface area (Å²) in [5.74, 6) is 0. The Kier molecular flexibility index (Phi) is 4.15. The maximum Gasteiger partial charge on any atom is 0.417 e. The Morgan fingerprint density at radius 2 is 2.00 bits per heavy atom. The zero-order valence-corrected chi connectivity index (χ0v) is 9.93. The summed E-state index contributed by atoms with van der Waals surface area (Å²) < 4.78 is 38.7. The van der Waals surface area contributed by atoms with Crippen LogP contribution in [0.5, 0.6) is 0 Å². The minimum Gasteiger partial charge on any atom is -0.396 e. The van der Waals surface area contributed by atoms with E-state index in [1.54, 1.807) is 13.0 Å². The summed E-state index contributed by atoms with van der Waals surface area (Å²) in [5, 5.41) is 3.64. The Labute approximate surface area is 98.1 Å². The molecule has 0 aromatic heterocycles. The molecule has 1 aromatic rings. The third kappa shape index (κ3) is 3.22. The number of benzene rings is 1. The highest BCUT2D eigenvalue weighted by molar-refractivity contribution is 6.00. The lowest BCUT2D eigenvalue weighted by Gasteiger charge is -2.15. The fourth-order valence-corrected chi connectivity index (χ4v) is 1.56. The number of aryl methyl sites for hydroxylation is 1. The van der Waals surface area contributed by atoms with Crippen molar-refractivity contribution < 1.29 is 18.0 Å². The first-order valence-electron chi connectivity index (χ1n) is 5.21. The second-order valence-corrected chi connectivity index (χ2v) is 3.59. The van der Waals surface area contributed by atoms with E-state index in [9.17, 15) is 13.2 Å². The molecule has 17 heavy (non-hydrogen) atoms. The van der Waals surface area contributed by atoms with Crippen molar-refractivity contribution >= 4 is 5.71 Å². The number of hydrogen-bond acceptors (Lipinski definition) is 2. The van der Waals surface area contributed by atoms with E-state index in [4.69, 9.17) is 4.84 Å². The van der Waals surface area contributed by atoms with Crippen molar-refractivity contribution in [3.8, 4) is 0 Å². The van der Waals surface area contributed by atoms with Crippen LogP contribution in [0, 0.1) is 6.92 Å². The molecule has 5 heteroatoms. The third-order valence-corrected chi connectivity index (χ3v) is 2.28. The first kappa shape index (κ1) is 13.5. The molecule has 0 bridgehead atoms. The predicted molar refractivity (Wildman–Crippen MR) is 60.0 cm³/mol. The molecule has 94 valence electrons. The third-order valence-electron chi connectivity index (χ3n) is 2.28. The second kappa shape index (κ2) is 5.21. The van der Waals surface area contributed by atoms with Gasteiger partial charge in [0.25, 0.3) is 0 Å². The zero-order chi connectivity index (χ0) is 13.1. The maximum absolute atomic E-state index is 12.9. The van der Waals surface area contributed by atoms with Gasteiger partial charge in [-0.3, -0.25) is 0 Å². The van der Waals surface area contributed by atoms with E-state index >= 15 is 0 Å². The van der Waals surface area contributed by atoms with Crippen molar-refractivity contribution in [3.63, 3.8) is 0 Å². The monoisotopic (exact) mass is 245 g/mol. The zero-order valence-electron chi connectivity index (χ0n) is 9.93. The first-order valence-corrected chi connectivity index (χ1v) is 5.21. The molecule has 0 spiro atoms. The quantitative estimate of drug-likeness (QED) is 0.586. The van der Waals surface area contributed by atoms with Crippen molar-refractivity contribution in [2.45, 2.75) is 26.9 Å². The van der Waals surface area contributed by atoms with Gasteiger partial charge in [0.15, 0.2) is 0 Å². The number of hydrogen-bond donors (Lipinski definition) is 0. The number of oxime groups is 1. The summed E-state index contributed by atoms with van der Waals surface area (Å²) in [6, 6.07) is 4.40. The van der Waals surface area contributed by atoms with Crippen LogP contribution in [-0.4, -0.2) is 12.3 Å². The lowest BCUT2D eigenvalue weighted by molar-refractivity contribution is -0.138. The van der Waals surface area contributed by atoms with Crippen LogP contribution in [0.3, 0.4) is 0 Å². The normalized spacial score (nSPS) is 12.7. The number of nitrogens with zero attached hydrogens (tertiary/aromatic N) is 1. The Morgan fingerprint density at radius 1 is 1.35 bits per heavy atom. The highest BCUT2D eigenvalue weighted by Gasteiger charge is 2.35. The summed E-state index contributed by atoms with van der Waals surface area (Å²) in [5.41, 5.74) is -0.184. The van der Waals surface area contributed by atoms with Crippen LogP contribution in [0.4, 0.5) is 13.2 Å². The van der Waals surface area contributed by atoms with Gasteiger partial charge in [0, 0.05) is 5.56 Å². The molecule has 0 atom stereocenters. The van der Waals surface area contributed by atoms with Crippen LogP contribution >= 0.6 is 0 Å². The molecule has 0 saturated carbocycles. The van der Waals surface area contributed by atoms with E-state index in [-0.39, 0.29) is 16.8 Å². The van der Waals surface area contributed by atoms with Gasteiger partial charge in [-0.25, -0.2) is 0 Å². The van der Waals surface area contributed by atoms with Crippen LogP contribution < -0.4 is 0 Å². The average Bonchev–Trinajstić information content (AvgIpc) is 2.23. The topological polar surface area (TPSA) is 21.6 Å². The fraction of sp³-hybridized carbons (Fsp3) is 0.417. The van der Waals surface area contributed by atoms with Crippen LogP contribution in [0.15, 0.2) is 23.4 Å². The summed E-state index contributed by atoms with van der Waals surface area (Å²) in [6.07, 6.45) is -4.39. The number of halogens is 3. The van der Waals surface area contributed by atoms with Gasteiger partial charge in [0.1, 0.15) is 6.61 Å². The molecule has 2 nitrogen and oxygen atoms in total. The summed E-state index contributed by atoms with van der Waals surface area (Å²) >= 11 is 0. The molecule has 0 fully saturated rings. The van der Waals surface area contributed by atoms with Gasteiger partial charge in [-0.05, 0) is 26.3 Å². The van der Waals surface area contributed by atoms with E-state index < -0.39 is 11.7 Å². The van der Waals surface area contributed by atoms with E-state index in [0.717, 1.165) is 0 Å². The van der Waals surface area contributed by atoms with Gasteiger partial charge in [-0.2, -0.15) is 13.2 Å². The van der Waals surface area contributed by atoms with Gasteiger partial charge >= 0.3 is 6.18 Å². The van der Waals surface area contributed by atoms with Gasteiger partial charge < -0.3 is 4.84 Å². The summed E-state index contributed by atoms with van der Waals surface area (Å²) in [6.45, 7) is 4.97. The molecule has 0 aliphatic heterocycles. The molecular weight excluding hydrogens is 231 g/mol. The Morgan fingerprint density at radius 3 is 2.53 bits per heavy atom. The molecular formula is C12H14F3NO. The minimum atomic E-state index is -4.39. The molecule has 0 saturated heterocycles. The van der Waals surface area contributed by atoms with Crippen molar-refractivity contribution in [1.82, 2.24) is 0 Å². The molecule has 1 rings (SSSR count). The SMILES string of the molecule is CCON=C(C)c1cccc(C)c1C(F)(F)F. The van der Waals surface area contributed by atoms with Crippen LogP contribution in [-0.2, 0) is 11.0 Å². The van der Waals surface area contributed by atoms with Gasteiger partial charge in [0.05, 0.1) is 11.3 Å². The van der Waals surface area contributed by atoms with E-state index in [2.05, 4.69) is 5.16 Å². The molecule has 0 N–H and O–H groups in total. The van der Waals surface area contributed by atoms with E-state index in [1.165, 1.54) is 26.0 Å². The predicted octanol–water partition coefficient (Wildman–Crippen LogP) is 3.77. The van der Waals surface area contributed by atoms with Crippen LogP contribution in [0.1, 0.15) is 30.5 Å². The minimum absolute atomic E-state index is 0.0611. The highest BCUT2D eigenvalue weighted by Crippen LogP contribution is 2.34. The molecule has 0 aliphatic carbocycles. The number of alkyl halides is 3. The van der Waals surface area contributed by atoms with Crippen molar-refractivity contribution in [3.05, 3.63) is 34.9 Å². The Bertz CT molecular complexity index is 424. The molecule has 1 aromatic carbocycles. The number of rotatable bonds is 3. The first-order chi connectivity index (χ1) is 7.88. The summed E-state index contributed by atoms with van der Waals surface area (Å²) in [7, 11) is 0. The van der Waals surface area contributed by atoms with Crippen molar-refractivity contribution in [2.24, 2.45) is 5.16 Å². The molecule has 0 aliphatic rings. The van der Waals surface area contributed by atoms with E-state index in [1.807, 2.05) is 0 Å². The van der Waals surface area contributed by atoms with Gasteiger partial charge in [0.2, 0.25) is 0 Å². The average molecular weight is 245 g/mol. The maximum atomic E-state index is 12.9. The van der Waals surface area contributed by atoms with Crippen molar-refractivity contribution in [1.29, 1.82) is 0 Å². The van der Waals surface area contributed by atoms with Crippen molar-refractivity contribution in [2.75, 3.05) is 6.61 Å². The molecule has 0 unspecified atom stereocenters. The van der Waals surface area contributed by atoms with Gasteiger partial charge in [-0.15, -0.1) is 0 Å². The smallest absolute Gasteiger partial charge is 0.396 e. The summed E-state index contributed by atoms with van der Waals surface area (Å²) in [4.78, 5) is 4.78. The standard InChI is InChI=1S/C12H14F3NO/c1-4-17-16-9(3)10-7-5-6-8(2)11(10)12(13,14)15/h5-7H,4H2,1-3H3. The van der Waals surface area contributed by atoms with Crippen LogP contribution in [0.25, 0.3) is 0 Å². The lowest BCUT2D eigenvalue weighted by atomic mass is 9.98. The molecule has 0 amide bonds. The second-order valence-electron chi connectivity index (χ2n) is 3.59. The largest absolute Gasteiger partial charge is 0.417 e. The Hall–Kier alpha value is -1.52. The Balaban J connectivity index is 3.29. The van der Waals surface area contributed by atoms with E-state index in [0.29, 0.717) is 6.61 Å². The van der Waals surface area contributed by atoms with Crippen LogP contribution in [0.2, 0.25) is 0 Å². The lowest BCUT2D eigenvalue weighted by Crippen LogP contribution is -2.14. The molecule has 0 heterocycles. The molecule has 0 radical (unpaired) electrons. The highest BCUT2D eigenvalue weighted by atomic mass is 19.4.